The van der Waals surface area contributed by atoms with Crippen LogP contribution in [0.4, 0.5) is 4.39 Å². The fourth-order valence-corrected chi connectivity index (χ4v) is 2.85. The summed E-state index contributed by atoms with van der Waals surface area (Å²) in [6, 6.07) is 11.0. The fraction of sp³-hybridized carbons (Fsp3) is 0.333. The Balaban J connectivity index is 1.98. The minimum Gasteiger partial charge on any atom is -0.329 e. The van der Waals surface area contributed by atoms with Gasteiger partial charge in [0.15, 0.2) is 0 Å². The number of halogens is 1. The zero-order valence-electron chi connectivity index (χ0n) is 11.1. The molecule has 0 saturated heterocycles. The van der Waals surface area contributed by atoms with E-state index >= 15 is 0 Å². The third-order valence-electron chi connectivity index (χ3n) is 3.30. The number of nitrogens with two attached hydrogens (primary N) is 1. The average Bonchev–Trinajstić information content (AvgIpc) is 2.92. The molecule has 0 aliphatic heterocycles. The molecule has 0 spiro atoms. The van der Waals surface area contributed by atoms with Crippen molar-refractivity contribution in [1.82, 2.24) is 4.90 Å². The maximum Gasteiger partial charge on any atom is 0.123 e. The molecule has 0 aliphatic carbocycles. The second kappa shape index (κ2) is 6.80. The zero-order chi connectivity index (χ0) is 13.7. The van der Waals surface area contributed by atoms with E-state index in [1.54, 1.807) is 11.3 Å². The maximum absolute atomic E-state index is 12.9. The Labute approximate surface area is 117 Å². The molecule has 1 unspecified atom stereocenters. The van der Waals surface area contributed by atoms with Crippen LogP contribution in [0, 0.1) is 5.82 Å². The molecule has 2 rings (SSSR count). The van der Waals surface area contributed by atoms with Gasteiger partial charge in [0.05, 0.1) is 0 Å². The summed E-state index contributed by atoms with van der Waals surface area (Å²) < 4.78 is 12.9. The Morgan fingerprint density at radius 3 is 2.58 bits per heavy atom. The van der Waals surface area contributed by atoms with E-state index in [4.69, 9.17) is 5.73 Å². The van der Waals surface area contributed by atoms with Crippen LogP contribution in [0.3, 0.4) is 0 Å². The summed E-state index contributed by atoms with van der Waals surface area (Å²) in [5.41, 5.74) is 6.93. The van der Waals surface area contributed by atoms with Crippen molar-refractivity contribution >= 4 is 11.3 Å². The number of likely N-dealkylation sites (N-methyl/N-ethyl adjacent to an activating group) is 1. The van der Waals surface area contributed by atoms with Crippen molar-refractivity contribution in [2.45, 2.75) is 12.5 Å². The molecule has 1 aromatic heterocycles. The van der Waals surface area contributed by atoms with Gasteiger partial charge in [0.25, 0.3) is 0 Å². The molecule has 1 heterocycles. The minimum atomic E-state index is -0.208. The fourth-order valence-electron chi connectivity index (χ4n) is 2.15. The number of rotatable bonds is 6. The lowest BCUT2D eigenvalue weighted by Crippen LogP contribution is -2.32. The van der Waals surface area contributed by atoms with Crippen molar-refractivity contribution < 1.29 is 4.39 Å². The molecule has 0 radical (unpaired) electrons. The van der Waals surface area contributed by atoms with Crippen molar-refractivity contribution in [1.29, 1.82) is 0 Å². The molecule has 2 nitrogen and oxygen atoms in total. The van der Waals surface area contributed by atoms with Gasteiger partial charge in [0.1, 0.15) is 5.82 Å². The van der Waals surface area contributed by atoms with Crippen LogP contribution in [0.2, 0.25) is 0 Å². The number of nitrogens with zero attached hydrogens (tertiary/aromatic N) is 1. The van der Waals surface area contributed by atoms with E-state index in [-0.39, 0.29) is 11.9 Å². The largest absolute Gasteiger partial charge is 0.329 e. The van der Waals surface area contributed by atoms with Gasteiger partial charge in [0.2, 0.25) is 0 Å². The van der Waals surface area contributed by atoms with Gasteiger partial charge in [-0.05, 0) is 42.6 Å². The van der Waals surface area contributed by atoms with Gasteiger partial charge in [0, 0.05) is 24.0 Å². The Bertz CT molecular complexity index is 481. The first-order valence-electron chi connectivity index (χ1n) is 6.39. The summed E-state index contributed by atoms with van der Waals surface area (Å²) in [6.07, 6.45) is 1.02. The predicted molar refractivity (Wildman–Crippen MR) is 78.8 cm³/mol. The van der Waals surface area contributed by atoms with Crippen LogP contribution in [0.5, 0.6) is 0 Å². The molecular weight excluding hydrogens is 259 g/mol. The predicted octanol–water partition coefficient (Wildman–Crippen LogP) is 3.06. The van der Waals surface area contributed by atoms with Gasteiger partial charge in [-0.2, -0.15) is 0 Å². The smallest absolute Gasteiger partial charge is 0.123 e. The van der Waals surface area contributed by atoms with Crippen molar-refractivity contribution in [2.75, 3.05) is 20.1 Å². The van der Waals surface area contributed by atoms with Crippen molar-refractivity contribution in [3.63, 3.8) is 0 Å². The number of hydrogen-bond acceptors (Lipinski definition) is 3. The van der Waals surface area contributed by atoms with Crippen molar-refractivity contribution in [2.24, 2.45) is 5.73 Å². The summed E-state index contributed by atoms with van der Waals surface area (Å²) >= 11 is 1.77. The second-order valence-electron chi connectivity index (χ2n) is 4.61. The summed E-state index contributed by atoms with van der Waals surface area (Å²) in [5.74, 6) is -0.208. The summed E-state index contributed by atoms with van der Waals surface area (Å²) in [6.45, 7) is 1.48. The summed E-state index contributed by atoms with van der Waals surface area (Å²) in [5, 5.41) is 2.09. The highest BCUT2D eigenvalue weighted by molar-refractivity contribution is 7.09. The highest BCUT2D eigenvalue weighted by Gasteiger charge is 2.15. The van der Waals surface area contributed by atoms with E-state index in [9.17, 15) is 4.39 Å². The molecule has 0 aliphatic rings. The van der Waals surface area contributed by atoms with E-state index < -0.39 is 0 Å². The second-order valence-corrected chi connectivity index (χ2v) is 5.65. The zero-order valence-corrected chi connectivity index (χ0v) is 11.9. The lowest BCUT2D eigenvalue weighted by Gasteiger charge is -2.27. The first kappa shape index (κ1) is 14.2. The Hall–Kier alpha value is -1.23. The molecule has 2 aromatic rings. The summed E-state index contributed by atoms with van der Waals surface area (Å²) in [7, 11) is 2.06. The monoisotopic (exact) mass is 278 g/mol. The first-order valence-corrected chi connectivity index (χ1v) is 7.27. The highest BCUT2D eigenvalue weighted by Crippen LogP contribution is 2.19. The van der Waals surface area contributed by atoms with Gasteiger partial charge in [-0.3, -0.25) is 4.90 Å². The standard InChI is InChI=1S/C15H19FN2S/c1-18(9-8-14-3-2-10-19-14)15(11-17)12-4-6-13(16)7-5-12/h2-7,10,15H,8-9,11,17H2,1H3. The van der Waals surface area contributed by atoms with Gasteiger partial charge in [-0.25, -0.2) is 4.39 Å². The van der Waals surface area contributed by atoms with Crippen LogP contribution < -0.4 is 5.73 Å². The average molecular weight is 278 g/mol. The molecule has 0 amide bonds. The topological polar surface area (TPSA) is 29.3 Å². The molecule has 19 heavy (non-hydrogen) atoms. The summed E-state index contributed by atoms with van der Waals surface area (Å²) in [4.78, 5) is 3.61. The van der Waals surface area contributed by atoms with Crippen LogP contribution in [-0.2, 0) is 6.42 Å². The highest BCUT2D eigenvalue weighted by atomic mass is 32.1. The normalized spacial score (nSPS) is 12.8. The molecule has 2 N–H and O–H groups in total. The third kappa shape index (κ3) is 3.86. The molecule has 1 atom stereocenters. The first-order chi connectivity index (χ1) is 9.20. The van der Waals surface area contributed by atoms with Crippen LogP contribution >= 0.6 is 11.3 Å². The van der Waals surface area contributed by atoms with Gasteiger partial charge in [-0.1, -0.05) is 18.2 Å². The number of hydrogen-bond donors (Lipinski definition) is 1. The molecule has 4 heteroatoms. The SMILES string of the molecule is CN(CCc1cccs1)C(CN)c1ccc(F)cc1. The van der Waals surface area contributed by atoms with Gasteiger partial charge in [-0.15, -0.1) is 11.3 Å². The molecule has 0 bridgehead atoms. The van der Waals surface area contributed by atoms with E-state index in [2.05, 4.69) is 29.5 Å². The Kier molecular flexibility index (Phi) is 5.07. The molecule has 0 fully saturated rings. The van der Waals surface area contributed by atoms with Crippen LogP contribution in [-0.4, -0.2) is 25.0 Å². The molecule has 0 saturated carbocycles. The molecule has 1 aromatic carbocycles. The minimum absolute atomic E-state index is 0.139. The van der Waals surface area contributed by atoms with Crippen LogP contribution in [0.15, 0.2) is 41.8 Å². The lowest BCUT2D eigenvalue weighted by atomic mass is 10.1. The van der Waals surface area contributed by atoms with Gasteiger partial charge >= 0.3 is 0 Å². The van der Waals surface area contributed by atoms with Crippen LogP contribution in [0.25, 0.3) is 0 Å². The lowest BCUT2D eigenvalue weighted by molar-refractivity contribution is 0.253. The quantitative estimate of drug-likeness (QED) is 0.880. The van der Waals surface area contributed by atoms with Gasteiger partial charge < -0.3 is 5.73 Å². The third-order valence-corrected chi connectivity index (χ3v) is 4.24. The Morgan fingerprint density at radius 2 is 2.00 bits per heavy atom. The number of benzene rings is 1. The van der Waals surface area contributed by atoms with Crippen molar-refractivity contribution in [3.05, 3.63) is 58.0 Å². The van der Waals surface area contributed by atoms with Crippen molar-refractivity contribution in [3.8, 4) is 0 Å². The maximum atomic E-state index is 12.9. The van der Waals surface area contributed by atoms with E-state index in [0.717, 1.165) is 18.5 Å². The van der Waals surface area contributed by atoms with E-state index in [1.165, 1.54) is 17.0 Å². The molecule has 102 valence electrons. The Morgan fingerprint density at radius 1 is 1.26 bits per heavy atom. The van der Waals surface area contributed by atoms with E-state index in [1.807, 2.05) is 12.1 Å². The number of thiophene rings is 1. The van der Waals surface area contributed by atoms with E-state index in [0.29, 0.717) is 6.54 Å². The molecular formula is C15H19FN2S. The van der Waals surface area contributed by atoms with Crippen LogP contribution in [0.1, 0.15) is 16.5 Å².